The lowest BCUT2D eigenvalue weighted by atomic mass is 9.90. The summed E-state index contributed by atoms with van der Waals surface area (Å²) >= 11 is 0. The highest BCUT2D eigenvalue weighted by molar-refractivity contribution is 7.91. The van der Waals surface area contributed by atoms with Crippen LogP contribution in [0.3, 0.4) is 0 Å². The smallest absolute Gasteiger partial charge is 0.237 e. The molecule has 0 bridgehead atoms. The number of hydrogen-bond acceptors (Lipinski definition) is 4. The van der Waals surface area contributed by atoms with Crippen LogP contribution in [0.2, 0.25) is 0 Å². The lowest BCUT2D eigenvalue weighted by Crippen LogP contribution is -2.25. The summed E-state index contributed by atoms with van der Waals surface area (Å²) in [5.74, 6) is 0.0857. The summed E-state index contributed by atoms with van der Waals surface area (Å²) in [6.45, 7) is 1.83. The Morgan fingerprint density at radius 1 is 1.07 bits per heavy atom. The molecular weight excluding hydrogens is 386 g/mol. The number of aromatic nitrogens is 2. The number of carbonyl (C=O) groups is 1. The summed E-state index contributed by atoms with van der Waals surface area (Å²) in [5, 5.41) is 7.45. The van der Waals surface area contributed by atoms with E-state index in [0.29, 0.717) is 12.2 Å². The molecule has 1 atom stereocenters. The van der Waals surface area contributed by atoms with E-state index in [2.05, 4.69) is 10.4 Å². The fourth-order valence-electron chi connectivity index (χ4n) is 3.84. The molecule has 3 aromatic rings. The van der Waals surface area contributed by atoms with Crippen LogP contribution >= 0.6 is 0 Å². The number of rotatable bonds is 5. The van der Waals surface area contributed by atoms with Crippen LogP contribution in [0.1, 0.15) is 35.2 Å². The van der Waals surface area contributed by atoms with Gasteiger partial charge in [-0.3, -0.25) is 4.79 Å². The molecule has 2 aromatic carbocycles. The van der Waals surface area contributed by atoms with Gasteiger partial charge in [-0.05, 0) is 24.5 Å². The van der Waals surface area contributed by atoms with Crippen molar-refractivity contribution >= 4 is 21.6 Å². The minimum absolute atomic E-state index is 0.0534. The maximum absolute atomic E-state index is 13.3. The Kier molecular flexibility index (Phi) is 5.24. The molecule has 7 heteroatoms. The van der Waals surface area contributed by atoms with E-state index in [9.17, 15) is 13.2 Å². The van der Waals surface area contributed by atoms with Crippen molar-refractivity contribution in [3.63, 3.8) is 0 Å². The van der Waals surface area contributed by atoms with E-state index in [4.69, 9.17) is 0 Å². The Morgan fingerprint density at radius 2 is 1.66 bits per heavy atom. The molecule has 0 spiro atoms. The van der Waals surface area contributed by atoms with Crippen molar-refractivity contribution in [1.82, 2.24) is 9.78 Å². The second kappa shape index (κ2) is 7.83. The molecule has 0 aliphatic carbocycles. The van der Waals surface area contributed by atoms with Crippen LogP contribution in [-0.2, 0) is 14.6 Å². The molecule has 1 N–H and O–H groups in total. The Bertz CT molecular complexity index is 1070. The van der Waals surface area contributed by atoms with Gasteiger partial charge in [0.1, 0.15) is 5.82 Å². The van der Waals surface area contributed by atoms with Gasteiger partial charge < -0.3 is 5.32 Å². The fourth-order valence-corrected chi connectivity index (χ4v) is 5.53. The molecule has 1 aromatic heterocycles. The third-order valence-corrected chi connectivity index (χ3v) is 6.94. The van der Waals surface area contributed by atoms with Crippen LogP contribution in [0.15, 0.2) is 66.7 Å². The van der Waals surface area contributed by atoms with Gasteiger partial charge in [0.15, 0.2) is 9.84 Å². The number of benzene rings is 2. The summed E-state index contributed by atoms with van der Waals surface area (Å²) in [6, 6.07) is 20.8. The Labute approximate surface area is 170 Å². The highest BCUT2D eigenvalue weighted by atomic mass is 32.2. The van der Waals surface area contributed by atoms with Crippen LogP contribution in [-0.4, -0.2) is 35.6 Å². The number of carbonyl (C=O) groups excluding carboxylic acids is 1. The lowest BCUT2D eigenvalue weighted by molar-refractivity contribution is -0.116. The lowest BCUT2D eigenvalue weighted by Gasteiger charge is -2.19. The van der Waals surface area contributed by atoms with E-state index in [-0.39, 0.29) is 23.5 Å². The molecule has 150 valence electrons. The zero-order valence-electron chi connectivity index (χ0n) is 16.2. The molecule has 0 unspecified atom stereocenters. The van der Waals surface area contributed by atoms with Crippen molar-refractivity contribution < 1.29 is 13.2 Å². The van der Waals surface area contributed by atoms with Gasteiger partial charge in [0.25, 0.3) is 0 Å². The first kappa shape index (κ1) is 19.4. The first-order valence-electron chi connectivity index (χ1n) is 9.60. The van der Waals surface area contributed by atoms with Crippen molar-refractivity contribution in [3.8, 4) is 0 Å². The predicted octanol–water partition coefficient (Wildman–Crippen LogP) is 3.32. The second-order valence-corrected chi connectivity index (χ2v) is 9.64. The van der Waals surface area contributed by atoms with Crippen molar-refractivity contribution in [1.29, 1.82) is 0 Å². The van der Waals surface area contributed by atoms with Crippen LogP contribution in [0.4, 0.5) is 5.82 Å². The van der Waals surface area contributed by atoms with Crippen LogP contribution in [0.5, 0.6) is 0 Å². The molecule has 1 aliphatic rings. The van der Waals surface area contributed by atoms with Crippen LogP contribution in [0, 0.1) is 6.92 Å². The van der Waals surface area contributed by atoms with Gasteiger partial charge in [-0.1, -0.05) is 60.7 Å². The molecule has 2 heterocycles. The van der Waals surface area contributed by atoms with E-state index in [1.807, 2.05) is 67.6 Å². The molecule has 6 nitrogen and oxygen atoms in total. The minimum Gasteiger partial charge on any atom is -0.310 e. The molecule has 4 rings (SSSR count). The fraction of sp³-hybridized carbons (Fsp3) is 0.273. The largest absolute Gasteiger partial charge is 0.310 e. The van der Waals surface area contributed by atoms with Gasteiger partial charge in [-0.25, -0.2) is 13.1 Å². The third kappa shape index (κ3) is 4.24. The topological polar surface area (TPSA) is 81.1 Å². The number of amides is 1. The molecule has 1 amide bonds. The van der Waals surface area contributed by atoms with E-state index in [1.54, 1.807) is 10.7 Å². The van der Waals surface area contributed by atoms with Gasteiger partial charge in [-0.2, -0.15) is 5.10 Å². The first-order chi connectivity index (χ1) is 13.9. The van der Waals surface area contributed by atoms with Crippen molar-refractivity contribution in [2.75, 3.05) is 16.8 Å². The van der Waals surface area contributed by atoms with Gasteiger partial charge >= 0.3 is 0 Å². The van der Waals surface area contributed by atoms with Gasteiger partial charge in [0.2, 0.25) is 5.91 Å². The summed E-state index contributed by atoms with van der Waals surface area (Å²) < 4.78 is 25.5. The number of aryl methyl sites for hydroxylation is 1. The maximum Gasteiger partial charge on any atom is 0.237 e. The average Bonchev–Trinajstić information content (AvgIpc) is 3.25. The standard InChI is InChI=1S/C22H23N3O3S/c1-16-14-20(25(24-16)19-12-13-29(27,28)15-19)23-22(26)21(17-8-4-2-5-9-17)18-10-6-3-7-11-18/h2-11,14,19,21H,12-13,15H2,1H3,(H,23,26)/t19-/m1/s1. The molecule has 1 saturated heterocycles. The van der Waals surface area contributed by atoms with Crippen molar-refractivity contribution in [3.05, 3.63) is 83.6 Å². The molecule has 1 aliphatic heterocycles. The Morgan fingerprint density at radius 3 is 2.17 bits per heavy atom. The Hall–Kier alpha value is -2.93. The average molecular weight is 410 g/mol. The van der Waals surface area contributed by atoms with Gasteiger partial charge in [-0.15, -0.1) is 0 Å². The molecule has 1 fully saturated rings. The molecular formula is C22H23N3O3S. The van der Waals surface area contributed by atoms with Crippen molar-refractivity contribution in [2.45, 2.75) is 25.3 Å². The Balaban J connectivity index is 1.66. The summed E-state index contributed by atoms with van der Waals surface area (Å²) in [5.41, 5.74) is 2.52. The minimum atomic E-state index is -3.06. The molecule has 0 radical (unpaired) electrons. The molecule has 29 heavy (non-hydrogen) atoms. The number of nitrogens with zero attached hydrogens (tertiary/aromatic N) is 2. The highest BCUT2D eigenvalue weighted by Crippen LogP contribution is 2.30. The number of hydrogen-bond donors (Lipinski definition) is 1. The van der Waals surface area contributed by atoms with Crippen LogP contribution in [0.25, 0.3) is 0 Å². The summed E-state index contributed by atoms with van der Waals surface area (Å²) in [7, 11) is -3.06. The first-order valence-corrected chi connectivity index (χ1v) is 11.4. The van der Waals surface area contributed by atoms with E-state index < -0.39 is 15.8 Å². The maximum atomic E-state index is 13.3. The zero-order chi connectivity index (χ0) is 20.4. The van der Waals surface area contributed by atoms with Crippen molar-refractivity contribution in [2.24, 2.45) is 0 Å². The van der Waals surface area contributed by atoms with E-state index in [0.717, 1.165) is 16.8 Å². The van der Waals surface area contributed by atoms with E-state index in [1.165, 1.54) is 0 Å². The van der Waals surface area contributed by atoms with Crippen LogP contribution < -0.4 is 5.32 Å². The SMILES string of the molecule is Cc1cc(NC(=O)C(c2ccccc2)c2ccccc2)n([C@@H]2CCS(=O)(=O)C2)n1. The zero-order valence-corrected chi connectivity index (χ0v) is 17.0. The van der Waals surface area contributed by atoms with Gasteiger partial charge in [0.05, 0.1) is 29.2 Å². The number of anilines is 1. The quantitative estimate of drug-likeness (QED) is 0.701. The molecule has 0 saturated carbocycles. The van der Waals surface area contributed by atoms with Gasteiger partial charge in [0, 0.05) is 6.07 Å². The third-order valence-electron chi connectivity index (χ3n) is 5.19. The number of nitrogens with one attached hydrogen (secondary N) is 1. The second-order valence-electron chi connectivity index (χ2n) is 7.42. The monoisotopic (exact) mass is 409 g/mol. The predicted molar refractivity (Wildman–Crippen MR) is 113 cm³/mol. The summed E-state index contributed by atoms with van der Waals surface area (Å²) in [4.78, 5) is 13.3. The normalized spacial score (nSPS) is 18.1. The number of sulfone groups is 1. The highest BCUT2D eigenvalue weighted by Gasteiger charge is 2.32. The summed E-state index contributed by atoms with van der Waals surface area (Å²) in [6.07, 6.45) is 0.507. The van der Waals surface area contributed by atoms with E-state index >= 15 is 0 Å².